The van der Waals surface area contributed by atoms with Crippen LogP contribution in [0.5, 0.6) is 0 Å². The number of carbonyl (C=O) groups is 1. The van der Waals surface area contributed by atoms with E-state index in [0.29, 0.717) is 17.3 Å². The Labute approximate surface area is 130 Å². The molecule has 1 aromatic heterocycles. The number of pyridine rings is 1. The number of aromatic nitrogens is 1. The van der Waals surface area contributed by atoms with Gasteiger partial charge in [-0.15, -0.1) is 6.58 Å². The molecule has 0 aromatic carbocycles. The van der Waals surface area contributed by atoms with Crippen LogP contribution in [0.2, 0.25) is 5.15 Å². The Kier molecular flexibility index (Phi) is 6.56. The summed E-state index contributed by atoms with van der Waals surface area (Å²) in [6.07, 6.45) is 1.85. The highest BCUT2D eigenvalue weighted by Crippen LogP contribution is 2.23. The number of hydrogen-bond donors (Lipinski definition) is 1. The van der Waals surface area contributed by atoms with Gasteiger partial charge in [-0.3, -0.25) is 4.79 Å². The fraction of sp³-hybridized carbons (Fsp3) is 0.467. The highest BCUT2D eigenvalue weighted by Gasteiger charge is 2.18. The number of hydrogen-bond acceptors (Lipinski definition) is 3. The summed E-state index contributed by atoms with van der Waals surface area (Å²) >= 11 is 7.73. The summed E-state index contributed by atoms with van der Waals surface area (Å²) in [5.74, 6) is 1.65. The largest absolute Gasteiger partial charge is 0.351 e. The van der Waals surface area contributed by atoms with Crippen molar-refractivity contribution in [1.29, 1.82) is 0 Å². The third-order valence-corrected chi connectivity index (χ3v) is 3.75. The normalized spacial score (nSPS) is 11.2. The fourth-order valence-corrected chi connectivity index (χ4v) is 2.31. The zero-order chi connectivity index (χ0) is 15.2. The van der Waals surface area contributed by atoms with Gasteiger partial charge in [-0.2, -0.15) is 11.8 Å². The van der Waals surface area contributed by atoms with E-state index < -0.39 is 0 Å². The van der Waals surface area contributed by atoms with Crippen LogP contribution in [0.25, 0.3) is 0 Å². The van der Waals surface area contributed by atoms with E-state index in [1.807, 2.05) is 26.8 Å². The minimum Gasteiger partial charge on any atom is -0.351 e. The molecule has 1 N–H and O–H groups in total. The zero-order valence-electron chi connectivity index (χ0n) is 12.2. The molecular weight excluding hydrogens is 292 g/mol. The van der Waals surface area contributed by atoms with Crippen LogP contribution in [0.1, 0.15) is 36.8 Å². The summed E-state index contributed by atoms with van der Waals surface area (Å²) in [5, 5.41) is 3.23. The van der Waals surface area contributed by atoms with Crippen LogP contribution >= 0.6 is 23.4 Å². The van der Waals surface area contributed by atoms with Crippen LogP contribution in [-0.4, -0.2) is 28.9 Å². The van der Waals surface area contributed by atoms with E-state index in [9.17, 15) is 4.79 Å². The molecule has 1 heterocycles. The van der Waals surface area contributed by atoms with Crippen molar-refractivity contribution >= 4 is 29.3 Å². The Morgan fingerprint density at radius 1 is 1.50 bits per heavy atom. The average Bonchev–Trinajstić information content (AvgIpc) is 2.36. The van der Waals surface area contributed by atoms with Gasteiger partial charge in [0.25, 0.3) is 5.91 Å². The van der Waals surface area contributed by atoms with Crippen LogP contribution in [0, 0.1) is 0 Å². The third-order valence-electron chi connectivity index (χ3n) is 2.59. The van der Waals surface area contributed by atoms with E-state index in [-0.39, 0.29) is 11.3 Å². The van der Waals surface area contributed by atoms with Crippen molar-refractivity contribution in [2.75, 3.05) is 18.1 Å². The molecule has 0 radical (unpaired) electrons. The number of nitrogens with zero attached hydrogens (tertiary/aromatic N) is 1. The van der Waals surface area contributed by atoms with Crippen LogP contribution in [-0.2, 0) is 5.41 Å². The molecule has 1 amide bonds. The Bertz CT molecular complexity index is 483. The van der Waals surface area contributed by atoms with E-state index in [0.717, 1.165) is 17.2 Å². The smallest absolute Gasteiger partial charge is 0.251 e. The molecule has 1 rings (SSSR count). The molecule has 0 spiro atoms. The highest BCUT2D eigenvalue weighted by atomic mass is 35.5. The molecule has 1 aromatic rings. The van der Waals surface area contributed by atoms with E-state index in [1.54, 1.807) is 23.9 Å². The predicted octanol–water partition coefficient (Wildman–Crippen LogP) is 3.68. The van der Waals surface area contributed by atoms with Crippen molar-refractivity contribution < 1.29 is 4.79 Å². The molecule has 0 aliphatic heterocycles. The van der Waals surface area contributed by atoms with E-state index in [1.165, 1.54) is 0 Å². The SMILES string of the molecule is C=CCSCCNC(=O)c1cc(Cl)nc(C(C)(C)C)c1. The molecule has 5 heteroatoms. The molecule has 20 heavy (non-hydrogen) atoms. The average molecular weight is 313 g/mol. The molecule has 3 nitrogen and oxygen atoms in total. The first-order valence-corrected chi connectivity index (χ1v) is 8.03. The monoisotopic (exact) mass is 312 g/mol. The van der Waals surface area contributed by atoms with Gasteiger partial charge >= 0.3 is 0 Å². The quantitative estimate of drug-likeness (QED) is 0.495. The van der Waals surface area contributed by atoms with Crippen molar-refractivity contribution in [3.63, 3.8) is 0 Å². The second kappa shape index (κ2) is 7.70. The summed E-state index contributed by atoms with van der Waals surface area (Å²) in [5.41, 5.74) is 1.24. The first kappa shape index (κ1) is 17.1. The van der Waals surface area contributed by atoms with Crippen molar-refractivity contribution in [1.82, 2.24) is 10.3 Å². The van der Waals surface area contributed by atoms with Crippen LogP contribution in [0.4, 0.5) is 0 Å². The maximum absolute atomic E-state index is 12.1. The first-order chi connectivity index (χ1) is 9.34. The van der Waals surface area contributed by atoms with Crippen molar-refractivity contribution in [3.05, 3.63) is 41.2 Å². The number of carbonyl (C=O) groups excluding carboxylic acids is 1. The summed E-state index contributed by atoms with van der Waals surface area (Å²) in [4.78, 5) is 16.4. The first-order valence-electron chi connectivity index (χ1n) is 6.49. The second-order valence-corrected chi connectivity index (χ2v) is 6.97. The molecule has 0 saturated carbocycles. The van der Waals surface area contributed by atoms with Gasteiger partial charge in [0.1, 0.15) is 5.15 Å². The van der Waals surface area contributed by atoms with Gasteiger partial charge in [0.15, 0.2) is 0 Å². The zero-order valence-corrected chi connectivity index (χ0v) is 13.8. The summed E-state index contributed by atoms with van der Waals surface area (Å²) in [6.45, 7) is 10.4. The molecule has 0 aliphatic rings. The van der Waals surface area contributed by atoms with E-state index in [2.05, 4.69) is 16.9 Å². The standard InChI is InChI=1S/C15H21ClN2OS/c1-5-7-20-8-6-17-14(19)11-9-12(15(2,3)4)18-13(16)10-11/h5,9-10H,1,6-8H2,2-4H3,(H,17,19). The lowest BCUT2D eigenvalue weighted by molar-refractivity contribution is 0.0956. The lowest BCUT2D eigenvalue weighted by atomic mass is 9.91. The maximum atomic E-state index is 12.1. The minimum absolute atomic E-state index is 0.112. The molecule has 0 bridgehead atoms. The summed E-state index contributed by atoms with van der Waals surface area (Å²) in [7, 11) is 0. The van der Waals surface area contributed by atoms with Gasteiger partial charge < -0.3 is 5.32 Å². The maximum Gasteiger partial charge on any atom is 0.251 e. The summed E-state index contributed by atoms with van der Waals surface area (Å²) < 4.78 is 0. The van der Waals surface area contributed by atoms with Crippen LogP contribution in [0.3, 0.4) is 0 Å². The van der Waals surface area contributed by atoms with Gasteiger partial charge in [0.2, 0.25) is 0 Å². The van der Waals surface area contributed by atoms with Crippen LogP contribution < -0.4 is 5.32 Å². The second-order valence-electron chi connectivity index (χ2n) is 5.43. The predicted molar refractivity (Wildman–Crippen MR) is 87.8 cm³/mol. The Hall–Kier alpha value is -1.00. The minimum atomic E-state index is -0.139. The molecule has 0 aliphatic carbocycles. The van der Waals surface area contributed by atoms with Gasteiger partial charge in [-0.05, 0) is 12.1 Å². The lowest BCUT2D eigenvalue weighted by Crippen LogP contribution is -2.26. The fourth-order valence-electron chi connectivity index (χ4n) is 1.52. The number of halogens is 1. The van der Waals surface area contributed by atoms with Gasteiger partial charge in [-0.1, -0.05) is 38.4 Å². The van der Waals surface area contributed by atoms with Crippen molar-refractivity contribution in [2.24, 2.45) is 0 Å². The Balaban J connectivity index is 2.68. The molecule has 110 valence electrons. The van der Waals surface area contributed by atoms with E-state index in [4.69, 9.17) is 11.6 Å². The van der Waals surface area contributed by atoms with Crippen molar-refractivity contribution in [2.45, 2.75) is 26.2 Å². The number of nitrogens with one attached hydrogen (secondary N) is 1. The third kappa shape index (κ3) is 5.55. The summed E-state index contributed by atoms with van der Waals surface area (Å²) in [6, 6.07) is 3.40. The van der Waals surface area contributed by atoms with Gasteiger partial charge in [0.05, 0.1) is 0 Å². The number of amides is 1. The highest BCUT2D eigenvalue weighted by molar-refractivity contribution is 7.99. The molecule has 0 fully saturated rings. The van der Waals surface area contributed by atoms with Crippen LogP contribution in [0.15, 0.2) is 24.8 Å². The van der Waals surface area contributed by atoms with Crippen molar-refractivity contribution in [3.8, 4) is 0 Å². The molecule has 0 atom stereocenters. The number of thioether (sulfide) groups is 1. The van der Waals surface area contributed by atoms with E-state index >= 15 is 0 Å². The Morgan fingerprint density at radius 3 is 2.80 bits per heavy atom. The molecule has 0 unspecified atom stereocenters. The lowest BCUT2D eigenvalue weighted by Gasteiger charge is -2.18. The topological polar surface area (TPSA) is 42.0 Å². The van der Waals surface area contributed by atoms with Gasteiger partial charge in [0, 0.05) is 34.7 Å². The Morgan fingerprint density at radius 2 is 2.20 bits per heavy atom. The van der Waals surface area contributed by atoms with Gasteiger partial charge in [-0.25, -0.2) is 4.98 Å². The molecular formula is C15H21ClN2OS. The molecule has 0 saturated heterocycles. The number of rotatable bonds is 6.